The van der Waals surface area contributed by atoms with Crippen LogP contribution in [0.15, 0.2) is 0 Å². The number of carbonyl (C=O) groups is 1. The fourth-order valence-electron chi connectivity index (χ4n) is 2.52. The van der Waals surface area contributed by atoms with E-state index in [-0.39, 0.29) is 24.7 Å². The van der Waals surface area contributed by atoms with Crippen LogP contribution in [0.1, 0.15) is 33.0 Å². The molecule has 1 fully saturated rings. The van der Waals surface area contributed by atoms with Crippen LogP contribution in [0.3, 0.4) is 0 Å². The van der Waals surface area contributed by atoms with Crippen molar-refractivity contribution in [1.82, 2.24) is 25.5 Å². The van der Waals surface area contributed by atoms with Gasteiger partial charge in [0.2, 0.25) is 5.91 Å². The SMILES string of the molecule is CC(C)CN(Cc1nn[nH]n1)C(=O)C1(C)CC1C(F)(F)F. The van der Waals surface area contributed by atoms with Crippen LogP contribution in [0.4, 0.5) is 13.2 Å². The van der Waals surface area contributed by atoms with Crippen molar-refractivity contribution in [3.63, 3.8) is 0 Å². The monoisotopic (exact) mass is 305 g/mol. The molecule has 21 heavy (non-hydrogen) atoms. The zero-order valence-electron chi connectivity index (χ0n) is 12.1. The molecule has 118 valence electrons. The predicted octanol–water partition coefficient (Wildman–Crippen LogP) is 1.77. The van der Waals surface area contributed by atoms with Crippen molar-refractivity contribution in [3.05, 3.63) is 5.82 Å². The van der Waals surface area contributed by atoms with E-state index >= 15 is 0 Å². The summed E-state index contributed by atoms with van der Waals surface area (Å²) in [4.78, 5) is 13.9. The third-order valence-electron chi connectivity index (χ3n) is 3.72. The van der Waals surface area contributed by atoms with Crippen LogP contribution in [0, 0.1) is 17.3 Å². The molecule has 1 aliphatic carbocycles. The van der Waals surface area contributed by atoms with E-state index in [0.717, 1.165) is 0 Å². The molecule has 0 aromatic carbocycles. The number of hydrogen-bond donors (Lipinski definition) is 1. The number of H-pyrrole nitrogens is 1. The molecule has 9 heteroatoms. The normalized spacial score (nSPS) is 25.2. The molecule has 1 aromatic rings. The third kappa shape index (κ3) is 3.33. The average molecular weight is 305 g/mol. The van der Waals surface area contributed by atoms with E-state index in [2.05, 4.69) is 20.6 Å². The Bertz CT molecular complexity index is 501. The Balaban J connectivity index is 2.12. The molecule has 0 bridgehead atoms. The summed E-state index contributed by atoms with van der Waals surface area (Å²) in [6.45, 7) is 5.58. The zero-order valence-corrected chi connectivity index (χ0v) is 12.1. The second-order valence-corrected chi connectivity index (χ2v) is 6.12. The van der Waals surface area contributed by atoms with Crippen LogP contribution >= 0.6 is 0 Å². The fourth-order valence-corrected chi connectivity index (χ4v) is 2.52. The van der Waals surface area contributed by atoms with Gasteiger partial charge in [0.25, 0.3) is 0 Å². The average Bonchev–Trinajstić information content (AvgIpc) is 2.83. The summed E-state index contributed by atoms with van der Waals surface area (Å²) in [5.74, 6) is -1.63. The number of halogens is 3. The van der Waals surface area contributed by atoms with Gasteiger partial charge in [-0.25, -0.2) is 0 Å². The summed E-state index contributed by atoms with van der Waals surface area (Å²) in [7, 11) is 0. The second-order valence-electron chi connectivity index (χ2n) is 6.12. The standard InChI is InChI=1S/C12H18F3N5O/c1-7(2)5-20(6-9-16-18-19-17-9)10(21)11(3)4-8(11)12(13,14)15/h7-8H,4-6H2,1-3H3,(H,16,17,18,19). The first-order valence-electron chi connectivity index (χ1n) is 6.73. The smallest absolute Gasteiger partial charge is 0.334 e. The summed E-state index contributed by atoms with van der Waals surface area (Å²) in [5.41, 5.74) is -1.36. The van der Waals surface area contributed by atoms with Crippen molar-refractivity contribution in [2.24, 2.45) is 17.3 Å². The number of nitrogens with one attached hydrogen (secondary N) is 1. The lowest BCUT2D eigenvalue weighted by atomic mass is 10.0. The molecule has 1 aromatic heterocycles. The van der Waals surface area contributed by atoms with Gasteiger partial charge in [-0.3, -0.25) is 4.79 Å². The third-order valence-corrected chi connectivity index (χ3v) is 3.72. The van der Waals surface area contributed by atoms with Gasteiger partial charge in [-0.05, 0) is 12.3 Å². The molecule has 1 saturated carbocycles. The van der Waals surface area contributed by atoms with Crippen molar-refractivity contribution in [1.29, 1.82) is 0 Å². The van der Waals surface area contributed by atoms with Gasteiger partial charge < -0.3 is 4.90 Å². The number of amides is 1. The lowest BCUT2D eigenvalue weighted by Gasteiger charge is -2.27. The molecule has 2 unspecified atom stereocenters. The molecule has 2 atom stereocenters. The molecule has 1 N–H and O–H groups in total. The second kappa shape index (κ2) is 5.27. The molecular weight excluding hydrogens is 287 g/mol. The van der Waals surface area contributed by atoms with Crippen molar-refractivity contribution in [2.45, 2.75) is 39.9 Å². The van der Waals surface area contributed by atoms with Gasteiger partial charge in [-0.2, -0.15) is 18.4 Å². The van der Waals surface area contributed by atoms with Crippen molar-refractivity contribution in [2.75, 3.05) is 6.54 Å². The number of aromatic amines is 1. The summed E-state index contributed by atoms with van der Waals surface area (Å²) < 4.78 is 38.4. The fraction of sp³-hybridized carbons (Fsp3) is 0.833. The summed E-state index contributed by atoms with van der Waals surface area (Å²) in [6, 6.07) is 0. The number of aromatic nitrogens is 4. The van der Waals surface area contributed by atoms with E-state index in [1.165, 1.54) is 11.8 Å². The first kappa shape index (κ1) is 15.7. The van der Waals surface area contributed by atoms with Crippen LogP contribution in [0.5, 0.6) is 0 Å². The van der Waals surface area contributed by atoms with Crippen molar-refractivity contribution >= 4 is 5.91 Å². The molecule has 0 aliphatic heterocycles. The van der Waals surface area contributed by atoms with E-state index in [4.69, 9.17) is 0 Å². The molecule has 6 nitrogen and oxygen atoms in total. The van der Waals surface area contributed by atoms with Gasteiger partial charge in [0.1, 0.15) is 0 Å². The minimum atomic E-state index is -4.33. The maximum absolute atomic E-state index is 12.8. The molecular formula is C12H18F3N5O. The highest BCUT2D eigenvalue weighted by Crippen LogP contribution is 2.60. The molecule has 0 saturated heterocycles. The van der Waals surface area contributed by atoms with Crippen LogP contribution in [0.25, 0.3) is 0 Å². The van der Waals surface area contributed by atoms with E-state index in [0.29, 0.717) is 6.54 Å². The largest absolute Gasteiger partial charge is 0.392 e. The van der Waals surface area contributed by atoms with Crippen LogP contribution in [-0.4, -0.2) is 44.2 Å². The first-order valence-corrected chi connectivity index (χ1v) is 6.73. The molecule has 1 heterocycles. The number of hydrogen-bond acceptors (Lipinski definition) is 4. The summed E-state index contributed by atoms with van der Waals surface area (Å²) in [5, 5.41) is 13.2. The molecule has 0 radical (unpaired) electrons. The maximum atomic E-state index is 12.8. The number of nitrogens with zero attached hydrogens (tertiary/aromatic N) is 4. The Labute approximate surface area is 120 Å². The highest BCUT2D eigenvalue weighted by Gasteiger charge is 2.68. The molecule has 1 aliphatic rings. The van der Waals surface area contributed by atoms with Gasteiger partial charge in [-0.15, -0.1) is 10.2 Å². The minimum Gasteiger partial charge on any atom is -0.334 e. The van der Waals surface area contributed by atoms with Crippen LogP contribution in [0.2, 0.25) is 0 Å². The van der Waals surface area contributed by atoms with Crippen molar-refractivity contribution < 1.29 is 18.0 Å². The lowest BCUT2D eigenvalue weighted by molar-refractivity contribution is -0.164. The Kier molecular flexibility index (Phi) is 3.94. The lowest BCUT2D eigenvalue weighted by Crippen LogP contribution is -2.40. The number of tetrazole rings is 1. The van der Waals surface area contributed by atoms with E-state index in [1.807, 2.05) is 13.8 Å². The van der Waals surface area contributed by atoms with E-state index in [1.54, 1.807) is 0 Å². The number of rotatable bonds is 5. The van der Waals surface area contributed by atoms with Crippen molar-refractivity contribution in [3.8, 4) is 0 Å². The molecule has 1 amide bonds. The Morgan fingerprint density at radius 1 is 1.52 bits per heavy atom. The number of carbonyl (C=O) groups excluding carboxylic acids is 1. The summed E-state index contributed by atoms with van der Waals surface area (Å²) in [6.07, 6.45) is -4.49. The van der Waals surface area contributed by atoms with Gasteiger partial charge >= 0.3 is 6.18 Å². The van der Waals surface area contributed by atoms with E-state index in [9.17, 15) is 18.0 Å². The van der Waals surface area contributed by atoms with Crippen LogP contribution < -0.4 is 0 Å². The minimum absolute atomic E-state index is 0.0632. The zero-order chi connectivity index (χ0) is 15.8. The Morgan fingerprint density at radius 3 is 2.62 bits per heavy atom. The predicted molar refractivity (Wildman–Crippen MR) is 66.7 cm³/mol. The first-order chi connectivity index (χ1) is 9.64. The Hall–Kier alpha value is -1.67. The quantitative estimate of drug-likeness (QED) is 0.899. The summed E-state index contributed by atoms with van der Waals surface area (Å²) >= 11 is 0. The maximum Gasteiger partial charge on any atom is 0.392 e. The highest BCUT2D eigenvalue weighted by atomic mass is 19.4. The Morgan fingerprint density at radius 2 is 2.19 bits per heavy atom. The highest BCUT2D eigenvalue weighted by molar-refractivity contribution is 5.85. The van der Waals surface area contributed by atoms with E-state index < -0.39 is 23.4 Å². The molecule has 2 rings (SSSR count). The molecule has 0 spiro atoms. The van der Waals surface area contributed by atoms with Gasteiger partial charge in [0.15, 0.2) is 5.82 Å². The van der Waals surface area contributed by atoms with Crippen LogP contribution in [-0.2, 0) is 11.3 Å². The topological polar surface area (TPSA) is 74.8 Å². The van der Waals surface area contributed by atoms with Gasteiger partial charge in [-0.1, -0.05) is 26.0 Å². The van der Waals surface area contributed by atoms with Gasteiger partial charge in [0, 0.05) is 6.54 Å². The van der Waals surface area contributed by atoms with Gasteiger partial charge in [0.05, 0.1) is 17.9 Å². The number of alkyl halides is 3.